The Kier molecular flexibility index (Phi) is 6.42. The van der Waals surface area contributed by atoms with Crippen LogP contribution in [-0.2, 0) is 19.2 Å². The number of imide groups is 2. The third-order valence-electron chi connectivity index (χ3n) is 8.44. The number of phenolic OH excluding ortho intramolecular Hbond substituents is 1. The van der Waals surface area contributed by atoms with Crippen molar-refractivity contribution in [1.29, 1.82) is 0 Å². The van der Waals surface area contributed by atoms with Crippen LogP contribution in [0, 0.1) is 23.6 Å². The van der Waals surface area contributed by atoms with Crippen LogP contribution in [0.25, 0.3) is 0 Å². The third kappa shape index (κ3) is 3.47. The van der Waals surface area contributed by atoms with E-state index in [2.05, 4.69) is 37.2 Å². The molecule has 6 rings (SSSR count). The van der Waals surface area contributed by atoms with E-state index in [1.54, 1.807) is 6.08 Å². The first-order valence-corrected chi connectivity index (χ1v) is 14.5. The Morgan fingerprint density at radius 1 is 1.05 bits per heavy atom. The summed E-state index contributed by atoms with van der Waals surface area (Å²) in [6, 6.07) is 6.26. The van der Waals surface area contributed by atoms with E-state index in [4.69, 9.17) is 27.9 Å². The highest BCUT2D eigenvalue weighted by Gasteiger charge is 2.76. The summed E-state index contributed by atoms with van der Waals surface area (Å²) in [5.74, 6) is -6.56. The van der Waals surface area contributed by atoms with Crippen LogP contribution < -0.4 is 15.0 Å². The quantitative estimate of drug-likeness (QED) is 0.265. The molecule has 2 aromatic carbocycles. The number of halogens is 5. The van der Waals surface area contributed by atoms with E-state index in [9.17, 15) is 28.7 Å². The lowest BCUT2D eigenvalue weighted by atomic mass is 9.56. The molecule has 2 aliphatic heterocycles. The van der Waals surface area contributed by atoms with Crippen molar-refractivity contribution in [3.8, 4) is 11.5 Å². The molecule has 6 atom stereocenters. The minimum absolute atomic E-state index is 0.0582. The summed E-state index contributed by atoms with van der Waals surface area (Å²) < 4.78 is 19.6. The van der Waals surface area contributed by atoms with E-state index in [1.165, 1.54) is 25.3 Å². The average Bonchev–Trinajstić information content (AvgIpc) is 3.30. The summed E-state index contributed by atoms with van der Waals surface area (Å²) >= 11 is 21.4. The van der Waals surface area contributed by atoms with Crippen LogP contribution in [-0.4, -0.2) is 45.6 Å². The molecule has 3 fully saturated rings. The Hall–Kier alpha value is -2.47. The molecule has 2 saturated heterocycles. The first kappa shape index (κ1) is 27.7. The summed E-state index contributed by atoms with van der Waals surface area (Å²) in [4.78, 5) is 50.7. The van der Waals surface area contributed by atoms with Crippen molar-refractivity contribution in [2.75, 3.05) is 12.0 Å². The predicted octanol–water partition coefficient (Wildman–Crippen LogP) is 4.92. The SMILES string of the molecule is COc1cc(C2C3=CCC4C(=O)NC(=O)C4C3CC3(Cl)C(=O)N(c4ccc(F)cc4)C(=O)C23Cl)c(Br)c(Br)c1O. The minimum atomic E-state index is -2.11. The number of nitrogens with zero attached hydrogens (tertiary/aromatic N) is 1. The van der Waals surface area contributed by atoms with Gasteiger partial charge < -0.3 is 9.84 Å². The molecule has 2 N–H and O–H groups in total. The number of hydrogen-bond donors (Lipinski definition) is 2. The van der Waals surface area contributed by atoms with Gasteiger partial charge in [0.15, 0.2) is 21.2 Å². The van der Waals surface area contributed by atoms with Gasteiger partial charge in [-0.2, -0.15) is 0 Å². The van der Waals surface area contributed by atoms with Gasteiger partial charge in [-0.1, -0.05) is 11.6 Å². The number of carbonyl (C=O) groups excluding carboxylic acids is 4. The van der Waals surface area contributed by atoms with Gasteiger partial charge in [0.25, 0.3) is 11.8 Å². The van der Waals surface area contributed by atoms with Crippen LogP contribution in [0.3, 0.4) is 0 Å². The third-order valence-corrected chi connectivity index (χ3v) is 12.0. The lowest BCUT2D eigenvalue weighted by Gasteiger charge is -2.51. The van der Waals surface area contributed by atoms with Crippen molar-refractivity contribution < 1.29 is 33.4 Å². The highest BCUT2D eigenvalue weighted by atomic mass is 79.9. The minimum Gasteiger partial charge on any atom is -0.503 e. The lowest BCUT2D eigenvalue weighted by Crippen LogP contribution is -2.60. The molecule has 0 bridgehead atoms. The average molecular weight is 717 g/mol. The number of rotatable bonds is 3. The van der Waals surface area contributed by atoms with Gasteiger partial charge >= 0.3 is 0 Å². The van der Waals surface area contributed by atoms with E-state index in [0.717, 1.165) is 17.0 Å². The zero-order chi connectivity index (χ0) is 28.9. The molecule has 2 aromatic rings. The number of fused-ring (bicyclic) bond motifs is 4. The van der Waals surface area contributed by atoms with E-state index >= 15 is 0 Å². The van der Waals surface area contributed by atoms with Crippen molar-refractivity contribution in [2.45, 2.75) is 28.5 Å². The fraction of sp³-hybridized carbons (Fsp3) is 0.333. The van der Waals surface area contributed by atoms with Gasteiger partial charge in [-0.05, 0) is 86.5 Å². The maximum Gasteiger partial charge on any atom is 0.258 e. The number of methoxy groups -OCH3 is 1. The maximum absolute atomic E-state index is 14.3. The molecule has 0 spiro atoms. The highest BCUT2D eigenvalue weighted by molar-refractivity contribution is 9.13. The van der Waals surface area contributed by atoms with E-state index in [-0.39, 0.29) is 34.5 Å². The molecule has 2 heterocycles. The van der Waals surface area contributed by atoms with Gasteiger partial charge in [-0.3, -0.25) is 24.5 Å². The summed E-state index contributed by atoms with van der Waals surface area (Å²) in [5.41, 5.74) is 1.01. The van der Waals surface area contributed by atoms with Crippen LogP contribution in [0.1, 0.15) is 24.3 Å². The number of aromatic hydroxyl groups is 1. The number of carbonyl (C=O) groups is 4. The van der Waals surface area contributed by atoms with Gasteiger partial charge in [-0.15, -0.1) is 23.2 Å². The second-order valence-electron chi connectivity index (χ2n) is 10.2. The molecule has 4 amide bonds. The molecule has 1 saturated carbocycles. The normalized spacial score (nSPS) is 32.9. The van der Waals surface area contributed by atoms with Crippen LogP contribution in [0.4, 0.5) is 10.1 Å². The molecular weight excluding hydrogens is 698 g/mol. The van der Waals surface area contributed by atoms with E-state index in [1.807, 2.05) is 0 Å². The fourth-order valence-corrected chi connectivity index (χ4v) is 8.51. The summed E-state index contributed by atoms with van der Waals surface area (Å²) in [5, 5.41) is 13.0. The highest BCUT2D eigenvalue weighted by Crippen LogP contribution is 2.66. The molecule has 4 aliphatic rings. The van der Waals surface area contributed by atoms with Gasteiger partial charge in [0.05, 0.1) is 29.1 Å². The molecule has 8 nitrogen and oxygen atoms in total. The largest absolute Gasteiger partial charge is 0.503 e. The Labute approximate surface area is 254 Å². The molecule has 2 aliphatic carbocycles. The second kappa shape index (κ2) is 9.27. The van der Waals surface area contributed by atoms with Crippen LogP contribution in [0.15, 0.2) is 50.9 Å². The monoisotopic (exact) mass is 714 g/mol. The molecular formula is C27H19Br2Cl2FN2O6. The van der Waals surface area contributed by atoms with Crippen LogP contribution >= 0.6 is 55.1 Å². The zero-order valence-corrected chi connectivity index (χ0v) is 25.2. The van der Waals surface area contributed by atoms with Gasteiger partial charge in [0.2, 0.25) is 11.8 Å². The summed E-state index contributed by atoms with van der Waals surface area (Å²) in [6.07, 6.45) is 1.80. The van der Waals surface area contributed by atoms with Crippen molar-refractivity contribution in [2.24, 2.45) is 17.8 Å². The van der Waals surface area contributed by atoms with Gasteiger partial charge in [0, 0.05) is 10.4 Å². The first-order valence-electron chi connectivity index (χ1n) is 12.2. The van der Waals surface area contributed by atoms with Crippen molar-refractivity contribution in [3.63, 3.8) is 0 Å². The molecule has 208 valence electrons. The smallest absolute Gasteiger partial charge is 0.258 e. The standard InChI is InChI=1S/C27H19Br2Cl2FN2O6/c1-40-16-8-14(19(28)20(29)21(16)35)18-12-6-7-13-17(23(37)33-22(13)36)15(12)9-26(30)24(38)34(25(39)27(18,26)31)11-4-2-10(32)3-5-11/h2-6,8,13,15,17-18,35H,7,9H2,1H3,(H,33,36,37). The summed E-state index contributed by atoms with van der Waals surface area (Å²) in [7, 11) is 1.35. The zero-order valence-electron chi connectivity index (χ0n) is 20.5. The molecule has 0 aromatic heterocycles. The van der Waals surface area contributed by atoms with E-state index in [0.29, 0.717) is 15.6 Å². The number of allylic oxidation sites excluding steroid dienone is 2. The van der Waals surface area contributed by atoms with E-state index < -0.39 is 62.9 Å². The Morgan fingerprint density at radius 3 is 2.38 bits per heavy atom. The molecule has 0 radical (unpaired) electrons. The Morgan fingerprint density at radius 2 is 1.73 bits per heavy atom. The fourth-order valence-electron chi connectivity index (χ4n) is 6.63. The first-order chi connectivity index (χ1) is 18.9. The van der Waals surface area contributed by atoms with Gasteiger partial charge in [0.1, 0.15) is 5.82 Å². The number of nitrogens with one attached hydrogen (secondary N) is 1. The number of benzene rings is 2. The number of alkyl halides is 2. The van der Waals surface area contributed by atoms with Crippen molar-refractivity contribution in [3.05, 3.63) is 62.3 Å². The number of amides is 4. The lowest BCUT2D eigenvalue weighted by molar-refractivity contribution is -0.127. The molecule has 13 heteroatoms. The number of anilines is 1. The predicted molar refractivity (Wildman–Crippen MR) is 150 cm³/mol. The molecule has 6 unspecified atom stereocenters. The Bertz CT molecular complexity index is 1570. The number of ether oxygens (including phenoxy) is 1. The van der Waals surface area contributed by atoms with Crippen molar-refractivity contribution in [1.82, 2.24) is 5.32 Å². The number of hydrogen-bond acceptors (Lipinski definition) is 6. The maximum atomic E-state index is 14.3. The Balaban J connectivity index is 1.63. The number of phenols is 1. The van der Waals surface area contributed by atoms with Crippen LogP contribution in [0.2, 0.25) is 0 Å². The topological polar surface area (TPSA) is 113 Å². The summed E-state index contributed by atoms with van der Waals surface area (Å²) in [6.45, 7) is 0. The second-order valence-corrected chi connectivity index (χ2v) is 13.1. The molecule has 40 heavy (non-hydrogen) atoms. The van der Waals surface area contributed by atoms with Crippen molar-refractivity contribution >= 4 is 84.4 Å². The van der Waals surface area contributed by atoms with Gasteiger partial charge in [-0.25, -0.2) is 9.29 Å². The van der Waals surface area contributed by atoms with Crippen LogP contribution in [0.5, 0.6) is 11.5 Å².